The van der Waals surface area contributed by atoms with Gasteiger partial charge in [-0.05, 0) is 18.1 Å². The number of carbonyl (C=O) groups is 1. The summed E-state index contributed by atoms with van der Waals surface area (Å²) in [6.07, 6.45) is 1.41. The molecule has 2 unspecified atom stereocenters. The summed E-state index contributed by atoms with van der Waals surface area (Å²) in [6.45, 7) is 2.03. The number of fused-ring (bicyclic) bond motifs is 1. The number of thiocarbonyl (C=S) groups is 1. The Hall–Kier alpha value is -1.07. The zero-order valence-corrected chi connectivity index (χ0v) is 12.5. The van der Waals surface area contributed by atoms with Crippen LogP contribution in [-0.2, 0) is 4.79 Å². The Morgan fingerprint density at radius 3 is 3.00 bits per heavy atom. The van der Waals surface area contributed by atoms with Crippen LogP contribution in [-0.4, -0.2) is 22.7 Å². The number of hydrogen-bond acceptors (Lipinski definition) is 3. The third-order valence-corrected chi connectivity index (χ3v) is 4.65. The molecule has 1 aliphatic heterocycles. The fraction of sp³-hybridized carbons (Fsp3) is 0.429. The summed E-state index contributed by atoms with van der Waals surface area (Å²) < 4.78 is 0. The molecule has 1 aromatic rings. The fourth-order valence-electron chi connectivity index (χ4n) is 2.22. The Bertz CT molecular complexity index is 490. The van der Waals surface area contributed by atoms with Gasteiger partial charge in [-0.3, -0.25) is 4.79 Å². The molecule has 19 heavy (non-hydrogen) atoms. The highest BCUT2D eigenvalue weighted by molar-refractivity contribution is 7.99. The summed E-state index contributed by atoms with van der Waals surface area (Å²) in [6, 6.07) is 8.14. The van der Waals surface area contributed by atoms with Gasteiger partial charge in [0.2, 0.25) is 5.91 Å². The summed E-state index contributed by atoms with van der Waals surface area (Å²) in [4.78, 5) is 14.0. The normalized spacial score (nSPS) is 18.7. The van der Waals surface area contributed by atoms with E-state index in [0.717, 1.165) is 17.7 Å². The molecule has 5 heteroatoms. The summed E-state index contributed by atoms with van der Waals surface area (Å²) in [7, 11) is 0. The van der Waals surface area contributed by atoms with Gasteiger partial charge in [-0.15, -0.1) is 11.8 Å². The first-order chi connectivity index (χ1) is 9.11. The van der Waals surface area contributed by atoms with Gasteiger partial charge in [0.15, 0.2) is 0 Å². The molecular weight excluding hydrogens is 276 g/mol. The molecule has 0 fully saturated rings. The van der Waals surface area contributed by atoms with E-state index in [4.69, 9.17) is 18.0 Å². The Morgan fingerprint density at radius 2 is 2.32 bits per heavy atom. The number of rotatable bonds is 5. The van der Waals surface area contributed by atoms with Gasteiger partial charge in [0, 0.05) is 23.1 Å². The third kappa shape index (κ3) is 3.48. The summed E-state index contributed by atoms with van der Waals surface area (Å²) >= 11 is 6.65. The second kappa shape index (κ2) is 6.39. The van der Waals surface area contributed by atoms with Crippen molar-refractivity contribution in [3.05, 3.63) is 29.8 Å². The topological polar surface area (TPSA) is 55.1 Å². The summed E-state index contributed by atoms with van der Waals surface area (Å²) in [5, 5.41) is 3.06. The first-order valence-corrected chi connectivity index (χ1v) is 7.81. The number of nitrogens with two attached hydrogens (primary N) is 1. The van der Waals surface area contributed by atoms with E-state index in [9.17, 15) is 4.79 Å². The van der Waals surface area contributed by atoms with Gasteiger partial charge in [-0.2, -0.15) is 0 Å². The maximum Gasteiger partial charge on any atom is 0.228 e. The van der Waals surface area contributed by atoms with E-state index in [1.165, 1.54) is 4.90 Å². The van der Waals surface area contributed by atoms with Crippen LogP contribution in [0, 0.1) is 0 Å². The van der Waals surface area contributed by atoms with Crippen LogP contribution in [0.1, 0.15) is 31.2 Å². The molecule has 3 nitrogen and oxygen atoms in total. The van der Waals surface area contributed by atoms with E-state index in [-0.39, 0.29) is 17.9 Å². The van der Waals surface area contributed by atoms with Crippen molar-refractivity contribution < 1.29 is 4.79 Å². The molecule has 0 radical (unpaired) electrons. The average Bonchev–Trinajstić information content (AvgIpc) is 2.81. The van der Waals surface area contributed by atoms with Crippen molar-refractivity contribution in [1.29, 1.82) is 0 Å². The van der Waals surface area contributed by atoms with Crippen LogP contribution in [0.4, 0.5) is 0 Å². The number of benzene rings is 1. The van der Waals surface area contributed by atoms with Gasteiger partial charge in [0.05, 0.1) is 10.9 Å². The molecule has 0 aliphatic carbocycles. The number of hydrogen-bond donors (Lipinski definition) is 2. The molecule has 1 amide bonds. The Kier molecular flexibility index (Phi) is 4.82. The monoisotopic (exact) mass is 294 g/mol. The van der Waals surface area contributed by atoms with Crippen LogP contribution in [0.3, 0.4) is 0 Å². The van der Waals surface area contributed by atoms with Crippen molar-refractivity contribution in [1.82, 2.24) is 5.32 Å². The van der Waals surface area contributed by atoms with E-state index < -0.39 is 0 Å². The molecule has 1 aliphatic rings. The minimum Gasteiger partial charge on any atom is -0.393 e. The van der Waals surface area contributed by atoms with Gasteiger partial charge in [0.1, 0.15) is 0 Å². The Morgan fingerprint density at radius 1 is 1.58 bits per heavy atom. The molecule has 2 rings (SSSR count). The highest BCUT2D eigenvalue weighted by atomic mass is 32.2. The minimum atomic E-state index is -0.0541. The number of amides is 1. The van der Waals surface area contributed by atoms with Gasteiger partial charge in [-0.25, -0.2) is 0 Å². The third-order valence-electron chi connectivity index (χ3n) is 3.30. The van der Waals surface area contributed by atoms with Crippen molar-refractivity contribution in [3.63, 3.8) is 0 Å². The first kappa shape index (κ1) is 14.3. The lowest BCUT2D eigenvalue weighted by atomic mass is 9.99. The van der Waals surface area contributed by atoms with Crippen molar-refractivity contribution >= 4 is 34.9 Å². The fourth-order valence-corrected chi connectivity index (χ4v) is 3.65. The predicted octanol–water partition coefficient (Wildman–Crippen LogP) is 2.45. The quantitative estimate of drug-likeness (QED) is 0.819. The van der Waals surface area contributed by atoms with E-state index in [1.807, 2.05) is 25.1 Å². The SMILES string of the molecule is CCC(CC(N)=S)NC(=O)C1CSc2ccccc21. The lowest BCUT2D eigenvalue weighted by Gasteiger charge is -2.19. The van der Waals surface area contributed by atoms with E-state index in [1.54, 1.807) is 11.8 Å². The van der Waals surface area contributed by atoms with E-state index in [2.05, 4.69) is 11.4 Å². The predicted molar refractivity (Wildman–Crippen MR) is 83.5 cm³/mol. The maximum atomic E-state index is 12.4. The molecule has 2 atom stereocenters. The lowest BCUT2D eigenvalue weighted by Crippen LogP contribution is -2.39. The molecule has 3 N–H and O–H groups in total. The number of thioether (sulfide) groups is 1. The van der Waals surface area contributed by atoms with E-state index in [0.29, 0.717) is 11.4 Å². The van der Waals surface area contributed by atoms with Crippen LogP contribution >= 0.6 is 24.0 Å². The van der Waals surface area contributed by atoms with Crippen molar-refractivity contribution in [2.75, 3.05) is 5.75 Å². The summed E-state index contributed by atoms with van der Waals surface area (Å²) in [5.41, 5.74) is 6.69. The molecule has 0 aromatic heterocycles. The van der Waals surface area contributed by atoms with Crippen molar-refractivity contribution in [3.8, 4) is 0 Å². The largest absolute Gasteiger partial charge is 0.393 e. The molecule has 0 saturated carbocycles. The van der Waals surface area contributed by atoms with Crippen LogP contribution < -0.4 is 11.1 Å². The second-order valence-corrected chi connectivity index (χ2v) is 6.27. The minimum absolute atomic E-state index is 0.0442. The molecule has 102 valence electrons. The smallest absolute Gasteiger partial charge is 0.228 e. The van der Waals surface area contributed by atoms with Gasteiger partial charge in [-0.1, -0.05) is 37.3 Å². The van der Waals surface area contributed by atoms with Crippen molar-refractivity contribution in [2.24, 2.45) is 5.73 Å². The van der Waals surface area contributed by atoms with Gasteiger partial charge >= 0.3 is 0 Å². The number of carbonyl (C=O) groups excluding carboxylic acids is 1. The Balaban J connectivity index is 2.03. The molecule has 0 spiro atoms. The molecule has 1 aromatic carbocycles. The zero-order chi connectivity index (χ0) is 13.8. The maximum absolute atomic E-state index is 12.4. The molecule has 1 heterocycles. The lowest BCUT2D eigenvalue weighted by molar-refractivity contribution is -0.122. The summed E-state index contributed by atoms with van der Waals surface area (Å²) in [5.74, 6) is 0.844. The average molecular weight is 294 g/mol. The highest BCUT2D eigenvalue weighted by Gasteiger charge is 2.29. The molecular formula is C14H18N2OS2. The van der Waals surface area contributed by atoms with Crippen LogP contribution in [0.5, 0.6) is 0 Å². The highest BCUT2D eigenvalue weighted by Crippen LogP contribution is 2.39. The zero-order valence-electron chi connectivity index (χ0n) is 10.9. The number of nitrogens with one attached hydrogen (secondary N) is 1. The molecule has 0 saturated heterocycles. The van der Waals surface area contributed by atoms with Crippen LogP contribution in [0.2, 0.25) is 0 Å². The standard InChI is InChI=1S/C14H18N2OS2/c1-2-9(7-13(15)18)16-14(17)11-8-19-12-6-4-3-5-10(11)12/h3-6,9,11H,2,7-8H2,1H3,(H2,15,18)(H,16,17). The van der Waals surface area contributed by atoms with Crippen molar-refractivity contribution in [2.45, 2.75) is 36.6 Å². The van der Waals surface area contributed by atoms with Gasteiger partial charge in [0.25, 0.3) is 0 Å². The van der Waals surface area contributed by atoms with Gasteiger partial charge < -0.3 is 11.1 Å². The second-order valence-electron chi connectivity index (χ2n) is 4.69. The van der Waals surface area contributed by atoms with Crippen LogP contribution in [0.25, 0.3) is 0 Å². The van der Waals surface area contributed by atoms with Crippen LogP contribution in [0.15, 0.2) is 29.2 Å². The van der Waals surface area contributed by atoms with E-state index >= 15 is 0 Å². The first-order valence-electron chi connectivity index (χ1n) is 6.42. The Labute approximate surface area is 123 Å². The molecule has 0 bridgehead atoms.